The first-order chi connectivity index (χ1) is 12.1. The van der Waals surface area contributed by atoms with Crippen LogP contribution in [-0.2, 0) is 20.5 Å². The molecule has 5 nitrogen and oxygen atoms in total. The van der Waals surface area contributed by atoms with Gasteiger partial charge in [-0.3, -0.25) is 4.79 Å². The second-order valence-electron chi connectivity index (χ2n) is 7.40. The Morgan fingerprint density at radius 1 is 1.31 bits per heavy atom. The Morgan fingerprint density at radius 3 is 2.46 bits per heavy atom. The number of nitriles is 1. The molecule has 1 aromatic carbocycles. The minimum absolute atomic E-state index is 0.00890. The lowest BCUT2D eigenvalue weighted by Gasteiger charge is -2.32. The van der Waals surface area contributed by atoms with Crippen LogP contribution in [0.3, 0.4) is 0 Å². The van der Waals surface area contributed by atoms with Gasteiger partial charge in [0.25, 0.3) is 0 Å². The molecule has 2 rings (SSSR count). The van der Waals surface area contributed by atoms with Gasteiger partial charge in [0.15, 0.2) is 0 Å². The second-order valence-corrected chi connectivity index (χ2v) is 7.40. The quantitative estimate of drug-likeness (QED) is 0.822. The SMILES string of the molecule is CC(=O)NCC(=Cc1ccc(F)c(CC#N)c1)B1OC(C)(C)C(C)(C)O1. The number of nitrogens with zero attached hydrogens (tertiary/aromatic N) is 1. The molecule has 7 heteroatoms. The van der Waals surface area contributed by atoms with Gasteiger partial charge in [-0.05, 0) is 50.9 Å². The third kappa shape index (κ3) is 4.51. The first kappa shape index (κ1) is 20.2. The molecule has 26 heavy (non-hydrogen) atoms. The molecule has 1 aliphatic heterocycles. The summed E-state index contributed by atoms with van der Waals surface area (Å²) in [7, 11) is -0.628. The van der Waals surface area contributed by atoms with Crippen molar-refractivity contribution in [3.8, 4) is 6.07 Å². The Bertz CT molecular complexity index is 753. The van der Waals surface area contributed by atoms with Gasteiger partial charge in [-0.2, -0.15) is 5.26 Å². The number of carbonyl (C=O) groups is 1. The summed E-state index contributed by atoms with van der Waals surface area (Å²) in [6.07, 6.45) is 1.80. The van der Waals surface area contributed by atoms with Crippen molar-refractivity contribution in [1.82, 2.24) is 5.32 Å². The van der Waals surface area contributed by atoms with Crippen molar-refractivity contribution in [1.29, 1.82) is 5.26 Å². The van der Waals surface area contributed by atoms with Crippen LogP contribution in [0.2, 0.25) is 0 Å². The molecule has 0 atom stereocenters. The number of hydrogen-bond acceptors (Lipinski definition) is 4. The highest BCUT2D eigenvalue weighted by atomic mass is 19.1. The molecule has 1 saturated heterocycles. The van der Waals surface area contributed by atoms with Crippen LogP contribution >= 0.6 is 0 Å². The molecule has 0 radical (unpaired) electrons. The molecule has 1 N–H and O–H groups in total. The minimum atomic E-state index is -0.628. The summed E-state index contributed by atoms with van der Waals surface area (Å²) in [6, 6.07) is 6.53. The maximum Gasteiger partial charge on any atom is 0.492 e. The standard InChI is InChI=1S/C19H24BFN2O3/c1-13(24)23-12-16(20-25-18(2,3)19(4,5)26-20)11-14-6-7-17(21)15(10-14)8-9-22/h6-7,10-11H,8,12H2,1-5H3,(H,23,24). The number of carbonyl (C=O) groups excluding carboxylic acids is 1. The molecule has 0 aliphatic carbocycles. The van der Waals surface area contributed by atoms with Crippen molar-refractivity contribution >= 4 is 19.1 Å². The summed E-state index contributed by atoms with van der Waals surface area (Å²) in [5.74, 6) is -0.584. The topological polar surface area (TPSA) is 71.4 Å². The van der Waals surface area contributed by atoms with Crippen molar-refractivity contribution in [2.75, 3.05) is 6.54 Å². The summed E-state index contributed by atoms with van der Waals surface area (Å²) < 4.78 is 25.9. The van der Waals surface area contributed by atoms with E-state index in [0.717, 1.165) is 0 Å². The van der Waals surface area contributed by atoms with Crippen LogP contribution in [0.4, 0.5) is 4.39 Å². The normalized spacial score (nSPS) is 18.5. The van der Waals surface area contributed by atoms with Gasteiger partial charge < -0.3 is 14.6 Å². The summed E-state index contributed by atoms with van der Waals surface area (Å²) >= 11 is 0. The van der Waals surface area contributed by atoms with E-state index in [2.05, 4.69) is 5.32 Å². The summed E-state index contributed by atoms with van der Waals surface area (Å²) in [5.41, 5.74) is 0.734. The molecule has 0 spiro atoms. The van der Waals surface area contributed by atoms with Gasteiger partial charge in [0.1, 0.15) is 5.82 Å². The number of halogens is 1. The third-order valence-electron chi connectivity index (χ3n) is 4.79. The van der Waals surface area contributed by atoms with Crippen molar-refractivity contribution < 1.29 is 18.5 Å². The lowest BCUT2D eigenvalue weighted by molar-refractivity contribution is -0.118. The van der Waals surface area contributed by atoms with E-state index in [9.17, 15) is 9.18 Å². The van der Waals surface area contributed by atoms with Gasteiger partial charge in [0.05, 0.1) is 23.7 Å². The Morgan fingerprint density at radius 2 is 1.92 bits per heavy atom. The van der Waals surface area contributed by atoms with E-state index in [1.807, 2.05) is 33.8 Å². The van der Waals surface area contributed by atoms with Crippen LogP contribution in [0.5, 0.6) is 0 Å². The van der Waals surface area contributed by atoms with Gasteiger partial charge in [-0.25, -0.2) is 4.39 Å². The molecule has 1 heterocycles. The Balaban J connectivity index is 2.36. The molecule has 138 valence electrons. The molecular weight excluding hydrogens is 334 g/mol. The highest BCUT2D eigenvalue weighted by Gasteiger charge is 2.52. The third-order valence-corrected chi connectivity index (χ3v) is 4.79. The van der Waals surface area contributed by atoms with Crippen LogP contribution in [0.25, 0.3) is 6.08 Å². The van der Waals surface area contributed by atoms with Crippen LogP contribution in [-0.4, -0.2) is 30.8 Å². The van der Waals surface area contributed by atoms with Crippen molar-refractivity contribution in [3.63, 3.8) is 0 Å². The summed E-state index contributed by atoms with van der Waals surface area (Å²) in [5, 5.41) is 11.6. The predicted molar refractivity (Wildman–Crippen MR) is 98.5 cm³/mol. The summed E-state index contributed by atoms with van der Waals surface area (Å²) in [4.78, 5) is 11.3. The molecular formula is C19H24BFN2O3. The van der Waals surface area contributed by atoms with Crippen molar-refractivity contribution in [3.05, 3.63) is 40.6 Å². The lowest BCUT2D eigenvalue weighted by Crippen LogP contribution is -2.41. The van der Waals surface area contributed by atoms with Gasteiger partial charge in [0, 0.05) is 19.0 Å². The Hall–Kier alpha value is -2.17. The maximum absolute atomic E-state index is 13.8. The van der Waals surface area contributed by atoms with Crippen LogP contribution < -0.4 is 5.32 Å². The zero-order valence-electron chi connectivity index (χ0n) is 15.9. The molecule has 0 unspecified atom stereocenters. The molecule has 1 aromatic rings. The van der Waals surface area contributed by atoms with Crippen molar-refractivity contribution in [2.24, 2.45) is 0 Å². The zero-order valence-corrected chi connectivity index (χ0v) is 15.9. The lowest BCUT2D eigenvalue weighted by atomic mass is 9.77. The largest absolute Gasteiger partial charge is 0.492 e. The number of hydrogen-bond donors (Lipinski definition) is 1. The first-order valence-electron chi connectivity index (χ1n) is 8.51. The molecule has 0 aromatic heterocycles. The fourth-order valence-electron chi connectivity index (χ4n) is 2.54. The van der Waals surface area contributed by atoms with Gasteiger partial charge in [0.2, 0.25) is 5.91 Å². The fourth-order valence-corrected chi connectivity index (χ4v) is 2.54. The van der Waals surface area contributed by atoms with Crippen molar-refractivity contribution in [2.45, 2.75) is 52.2 Å². The smallest absolute Gasteiger partial charge is 0.400 e. The molecule has 0 saturated carbocycles. The van der Waals surface area contributed by atoms with Crippen LogP contribution in [0, 0.1) is 17.1 Å². The maximum atomic E-state index is 13.8. The molecule has 1 amide bonds. The minimum Gasteiger partial charge on any atom is -0.400 e. The zero-order chi connectivity index (χ0) is 19.5. The van der Waals surface area contributed by atoms with E-state index >= 15 is 0 Å². The predicted octanol–water partition coefficient (Wildman–Crippen LogP) is 3.04. The van der Waals surface area contributed by atoms with Crippen LogP contribution in [0.1, 0.15) is 45.7 Å². The first-order valence-corrected chi connectivity index (χ1v) is 8.51. The molecule has 0 bridgehead atoms. The molecule has 1 aliphatic rings. The van der Waals surface area contributed by atoms with E-state index in [4.69, 9.17) is 14.6 Å². The molecule has 1 fully saturated rings. The number of benzene rings is 1. The number of amides is 1. The van der Waals surface area contributed by atoms with Gasteiger partial charge in [-0.1, -0.05) is 12.1 Å². The van der Waals surface area contributed by atoms with E-state index in [-0.39, 0.29) is 18.9 Å². The van der Waals surface area contributed by atoms with E-state index < -0.39 is 24.1 Å². The van der Waals surface area contributed by atoms with E-state index in [1.54, 1.807) is 18.2 Å². The Labute approximate surface area is 154 Å². The van der Waals surface area contributed by atoms with Gasteiger partial charge in [-0.15, -0.1) is 0 Å². The fraction of sp³-hybridized carbons (Fsp3) is 0.474. The monoisotopic (exact) mass is 358 g/mol. The second kappa shape index (κ2) is 7.61. The average Bonchev–Trinajstić information content (AvgIpc) is 2.74. The highest BCUT2D eigenvalue weighted by Crippen LogP contribution is 2.38. The number of nitrogens with one attached hydrogen (secondary N) is 1. The van der Waals surface area contributed by atoms with E-state index in [1.165, 1.54) is 13.0 Å². The van der Waals surface area contributed by atoms with Gasteiger partial charge >= 0.3 is 7.12 Å². The van der Waals surface area contributed by atoms with Crippen LogP contribution in [0.15, 0.2) is 23.7 Å². The summed E-state index contributed by atoms with van der Waals surface area (Å²) in [6.45, 7) is 9.48. The average molecular weight is 358 g/mol. The van der Waals surface area contributed by atoms with E-state index in [0.29, 0.717) is 16.6 Å². The highest BCUT2D eigenvalue weighted by molar-refractivity contribution is 6.56. The Kier molecular flexibility index (Phi) is 5.89. The number of rotatable bonds is 5.